The minimum absolute atomic E-state index is 0.0277. The molecule has 0 saturated heterocycles. The average molecular weight is 797 g/mol. The van der Waals surface area contributed by atoms with E-state index < -0.39 is 24.3 Å². The van der Waals surface area contributed by atoms with Crippen molar-refractivity contribution < 1.29 is 38.0 Å². The highest BCUT2D eigenvalue weighted by atomic mass is 127. The Morgan fingerprint density at radius 3 is 2.69 bits per heavy atom. The third-order valence-electron chi connectivity index (χ3n) is 6.47. The van der Waals surface area contributed by atoms with E-state index in [2.05, 4.69) is 59.7 Å². The first-order valence-electron chi connectivity index (χ1n) is 13.7. The number of rotatable bonds is 13. The topological polar surface area (TPSA) is 140 Å². The van der Waals surface area contributed by atoms with Crippen molar-refractivity contribution in [2.24, 2.45) is 5.10 Å². The second kappa shape index (κ2) is 15.9. The lowest BCUT2D eigenvalue weighted by Crippen LogP contribution is -2.45. The summed E-state index contributed by atoms with van der Waals surface area (Å²) >= 11 is 5.58. The van der Waals surface area contributed by atoms with Crippen molar-refractivity contribution in [1.29, 1.82) is 0 Å². The van der Waals surface area contributed by atoms with Crippen LogP contribution in [0.2, 0.25) is 0 Å². The molecule has 0 bridgehead atoms. The molecule has 11 nitrogen and oxygen atoms in total. The Labute approximate surface area is 281 Å². The smallest absolute Gasteiger partial charge is 0.337 e. The fourth-order valence-electron chi connectivity index (χ4n) is 4.41. The zero-order valence-electron chi connectivity index (χ0n) is 24.5. The number of ether oxygens (including phenoxy) is 4. The van der Waals surface area contributed by atoms with Gasteiger partial charge in [-0.05, 0) is 72.3 Å². The number of aliphatic hydroxyl groups excluding tert-OH is 1. The van der Waals surface area contributed by atoms with Crippen molar-refractivity contribution in [2.45, 2.75) is 32.7 Å². The standard InChI is InChI=1S/C31H31BrFIN4O7/c1-4-43-25-12-18(28-27(30(40)42-3)17(2)36-31(41)37-28)9-10-24(25)44-16-26(39)38-35-14-20-11-21(32)13-23(34)29(20)45-15-19-7-5-6-8-22(19)33/h5-14,26,28,38-39H,4,15-16H2,1-3H3,(H2,36,37,41)/b35-14+/t26-,28-/m0/s1. The molecule has 2 atom stereocenters. The largest absolute Gasteiger partial charge is 0.490 e. The van der Waals surface area contributed by atoms with Gasteiger partial charge in [0.05, 0.1) is 35.1 Å². The molecule has 4 N–H and O–H groups in total. The van der Waals surface area contributed by atoms with Gasteiger partial charge in [0.25, 0.3) is 0 Å². The number of hydrazone groups is 1. The molecule has 3 aromatic rings. The molecule has 238 valence electrons. The predicted molar refractivity (Wildman–Crippen MR) is 177 cm³/mol. The van der Waals surface area contributed by atoms with Gasteiger partial charge in [-0.15, -0.1) is 0 Å². The van der Waals surface area contributed by atoms with Crippen LogP contribution in [0.5, 0.6) is 17.2 Å². The van der Waals surface area contributed by atoms with Gasteiger partial charge in [-0.1, -0.05) is 40.2 Å². The van der Waals surface area contributed by atoms with Gasteiger partial charge in [0, 0.05) is 21.3 Å². The summed E-state index contributed by atoms with van der Waals surface area (Å²) in [5.41, 5.74) is 4.83. The predicted octanol–water partition coefficient (Wildman–Crippen LogP) is 5.29. The maximum atomic E-state index is 14.1. The van der Waals surface area contributed by atoms with Crippen LogP contribution in [-0.4, -0.2) is 49.9 Å². The number of halogens is 3. The maximum absolute atomic E-state index is 14.1. The lowest BCUT2D eigenvalue weighted by molar-refractivity contribution is -0.136. The molecule has 1 aliphatic rings. The second-order valence-electron chi connectivity index (χ2n) is 9.60. The number of hydrogen-bond acceptors (Lipinski definition) is 9. The van der Waals surface area contributed by atoms with Crippen molar-refractivity contribution in [3.8, 4) is 17.2 Å². The molecule has 14 heteroatoms. The summed E-state index contributed by atoms with van der Waals surface area (Å²) in [5.74, 6) is 0.240. The van der Waals surface area contributed by atoms with E-state index in [0.29, 0.717) is 46.2 Å². The number of esters is 1. The van der Waals surface area contributed by atoms with E-state index in [1.165, 1.54) is 19.4 Å². The highest BCUT2D eigenvalue weighted by Crippen LogP contribution is 2.35. The number of nitrogens with zero attached hydrogens (tertiary/aromatic N) is 1. The molecule has 0 aromatic heterocycles. The number of amides is 2. The van der Waals surface area contributed by atoms with E-state index in [4.69, 9.17) is 18.9 Å². The molecule has 0 unspecified atom stereocenters. The molecular formula is C31H31BrFIN4O7. The zero-order chi connectivity index (χ0) is 32.5. The van der Waals surface area contributed by atoms with Gasteiger partial charge in [-0.3, -0.25) is 5.43 Å². The van der Waals surface area contributed by atoms with Crippen molar-refractivity contribution in [1.82, 2.24) is 16.1 Å². The minimum Gasteiger partial charge on any atom is -0.490 e. The van der Waals surface area contributed by atoms with Crippen LogP contribution in [0.25, 0.3) is 0 Å². The average Bonchev–Trinajstić information content (AvgIpc) is 3.00. The number of benzene rings is 3. The number of urea groups is 1. The quantitative estimate of drug-likeness (QED) is 0.0602. The van der Waals surface area contributed by atoms with Gasteiger partial charge in [0.15, 0.2) is 17.7 Å². The molecule has 0 aliphatic carbocycles. The van der Waals surface area contributed by atoms with E-state index in [1.807, 2.05) is 6.07 Å². The first-order valence-corrected chi connectivity index (χ1v) is 15.6. The first-order chi connectivity index (χ1) is 21.6. The molecule has 0 spiro atoms. The van der Waals surface area contributed by atoms with Crippen molar-refractivity contribution >= 4 is 56.7 Å². The highest BCUT2D eigenvalue weighted by Gasteiger charge is 2.32. The summed E-state index contributed by atoms with van der Waals surface area (Å²) < 4.78 is 38.1. The Morgan fingerprint density at radius 1 is 1.18 bits per heavy atom. The number of aliphatic hydroxyl groups is 1. The fourth-order valence-corrected chi connectivity index (χ4v) is 6.11. The number of hydrogen-bond donors (Lipinski definition) is 4. The Kier molecular flexibility index (Phi) is 12.0. The van der Waals surface area contributed by atoms with Gasteiger partial charge in [-0.2, -0.15) is 5.10 Å². The lowest BCUT2D eigenvalue weighted by Gasteiger charge is -2.28. The summed E-state index contributed by atoms with van der Waals surface area (Å²) in [4.78, 5) is 24.6. The van der Waals surface area contributed by atoms with Gasteiger partial charge < -0.3 is 34.7 Å². The van der Waals surface area contributed by atoms with Gasteiger partial charge >= 0.3 is 12.0 Å². The van der Waals surface area contributed by atoms with Crippen molar-refractivity contribution in [3.63, 3.8) is 0 Å². The summed E-state index contributed by atoms with van der Waals surface area (Å²) in [6.45, 7) is 3.57. The van der Waals surface area contributed by atoms with Crippen LogP contribution in [0.3, 0.4) is 0 Å². The molecular weight excluding hydrogens is 766 g/mol. The van der Waals surface area contributed by atoms with Crippen molar-refractivity contribution in [2.75, 3.05) is 20.3 Å². The van der Waals surface area contributed by atoms with Crippen LogP contribution < -0.4 is 30.3 Å². The Balaban J connectivity index is 1.43. The van der Waals surface area contributed by atoms with Crippen LogP contribution in [0.4, 0.5) is 9.18 Å². The summed E-state index contributed by atoms with van der Waals surface area (Å²) in [6, 6.07) is 13.8. The van der Waals surface area contributed by atoms with Crippen LogP contribution in [0, 0.1) is 9.39 Å². The summed E-state index contributed by atoms with van der Waals surface area (Å²) in [7, 11) is 1.27. The molecule has 4 rings (SSSR count). The molecule has 0 saturated carbocycles. The normalized spacial score (nSPS) is 15.3. The number of nitrogens with one attached hydrogen (secondary N) is 3. The van der Waals surface area contributed by atoms with Crippen molar-refractivity contribution in [3.05, 3.63) is 96.4 Å². The van der Waals surface area contributed by atoms with Gasteiger partial charge in [-0.25, -0.2) is 14.0 Å². The van der Waals surface area contributed by atoms with E-state index in [9.17, 15) is 19.1 Å². The van der Waals surface area contributed by atoms with E-state index in [-0.39, 0.29) is 24.6 Å². The highest BCUT2D eigenvalue weighted by molar-refractivity contribution is 14.1. The monoisotopic (exact) mass is 796 g/mol. The zero-order valence-corrected chi connectivity index (χ0v) is 28.3. The van der Waals surface area contributed by atoms with Crippen LogP contribution in [0.1, 0.15) is 36.6 Å². The number of methoxy groups -OCH3 is 1. The van der Waals surface area contributed by atoms with Crippen LogP contribution in [0.15, 0.2) is 75.4 Å². The summed E-state index contributed by atoms with van der Waals surface area (Å²) in [6.07, 6.45) is 0.277. The Bertz CT molecular complexity index is 1620. The summed E-state index contributed by atoms with van der Waals surface area (Å²) in [5, 5.41) is 20.0. The molecule has 45 heavy (non-hydrogen) atoms. The van der Waals surface area contributed by atoms with E-state index >= 15 is 0 Å². The minimum atomic E-state index is -1.20. The maximum Gasteiger partial charge on any atom is 0.337 e. The lowest BCUT2D eigenvalue weighted by atomic mass is 9.95. The fraction of sp³-hybridized carbons (Fsp3) is 0.258. The van der Waals surface area contributed by atoms with E-state index in [0.717, 1.165) is 8.04 Å². The SMILES string of the molecule is CCOc1cc([C@@H]2NC(=O)NC(C)=C2C(=O)OC)ccc1OC[C@H](O)N/N=C/c1cc(Br)cc(I)c1OCc1ccccc1F. The molecule has 0 fully saturated rings. The number of carbonyl (C=O) groups excluding carboxylic acids is 2. The molecule has 2 amide bonds. The molecule has 1 aliphatic heterocycles. The Hall–Kier alpha value is -3.89. The second-order valence-corrected chi connectivity index (χ2v) is 11.7. The first kappa shape index (κ1) is 34.0. The van der Waals surface area contributed by atoms with Crippen LogP contribution >= 0.6 is 38.5 Å². The third-order valence-corrected chi connectivity index (χ3v) is 7.73. The number of allylic oxidation sites excluding steroid dienone is 1. The van der Waals surface area contributed by atoms with E-state index in [1.54, 1.807) is 56.3 Å². The van der Waals surface area contributed by atoms with Crippen LogP contribution in [-0.2, 0) is 16.1 Å². The molecule has 1 heterocycles. The van der Waals surface area contributed by atoms with Gasteiger partial charge in [0.1, 0.15) is 24.8 Å². The molecule has 3 aromatic carbocycles. The number of carbonyl (C=O) groups is 2. The Morgan fingerprint density at radius 2 is 1.96 bits per heavy atom. The molecule has 0 radical (unpaired) electrons. The van der Waals surface area contributed by atoms with Gasteiger partial charge in [0.2, 0.25) is 0 Å². The third kappa shape index (κ3) is 8.85.